The molecule has 0 saturated carbocycles. The summed E-state index contributed by atoms with van der Waals surface area (Å²) in [6.45, 7) is 7.10. The molecule has 0 spiro atoms. The standard InChI is InChI=1S/C19H25N3O/c1-14-9-7-8-12-21(14)19(23)13-18-15(2)20-22(16(18)3)17-10-5-4-6-11-17/h4-6,10-11,14H,7-9,12-13H2,1-3H3. The predicted octanol–water partition coefficient (Wildman–Crippen LogP) is 3.43. The highest BCUT2D eigenvalue weighted by atomic mass is 16.2. The summed E-state index contributed by atoms with van der Waals surface area (Å²) >= 11 is 0. The van der Waals surface area contributed by atoms with Gasteiger partial charge in [-0.05, 0) is 52.2 Å². The third kappa shape index (κ3) is 3.16. The fraction of sp³-hybridized carbons (Fsp3) is 0.474. The van der Waals surface area contributed by atoms with Crippen LogP contribution in [0.25, 0.3) is 5.69 Å². The molecule has 4 nitrogen and oxygen atoms in total. The van der Waals surface area contributed by atoms with Crippen molar-refractivity contribution in [1.82, 2.24) is 14.7 Å². The number of aromatic nitrogens is 2. The fourth-order valence-electron chi connectivity index (χ4n) is 3.47. The SMILES string of the molecule is Cc1nn(-c2ccccc2)c(C)c1CC(=O)N1CCCCC1C. The molecule has 0 radical (unpaired) electrons. The minimum atomic E-state index is 0.232. The van der Waals surface area contributed by atoms with Crippen LogP contribution < -0.4 is 0 Å². The van der Waals surface area contributed by atoms with E-state index in [-0.39, 0.29) is 5.91 Å². The molecular weight excluding hydrogens is 286 g/mol. The van der Waals surface area contributed by atoms with Gasteiger partial charge in [0.15, 0.2) is 0 Å². The van der Waals surface area contributed by atoms with Crippen LogP contribution in [0.2, 0.25) is 0 Å². The van der Waals surface area contributed by atoms with E-state index in [0.29, 0.717) is 12.5 Å². The number of likely N-dealkylation sites (tertiary alicyclic amines) is 1. The number of hydrogen-bond donors (Lipinski definition) is 0. The van der Waals surface area contributed by atoms with Crippen molar-refractivity contribution in [3.8, 4) is 5.69 Å². The fourth-order valence-corrected chi connectivity index (χ4v) is 3.47. The van der Waals surface area contributed by atoms with Crippen LogP contribution in [0.1, 0.15) is 43.1 Å². The zero-order valence-corrected chi connectivity index (χ0v) is 14.2. The maximum absolute atomic E-state index is 12.7. The van der Waals surface area contributed by atoms with Crippen LogP contribution in [0.15, 0.2) is 30.3 Å². The molecule has 1 aromatic heterocycles. The van der Waals surface area contributed by atoms with E-state index in [9.17, 15) is 4.79 Å². The number of para-hydroxylation sites is 1. The van der Waals surface area contributed by atoms with Crippen molar-refractivity contribution in [2.75, 3.05) is 6.54 Å². The van der Waals surface area contributed by atoms with Gasteiger partial charge in [0.2, 0.25) is 5.91 Å². The summed E-state index contributed by atoms with van der Waals surface area (Å²) in [5, 5.41) is 4.64. The second kappa shape index (κ2) is 6.57. The third-order valence-corrected chi connectivity index (χ3v) is 4.89. The molecule has 4 heteroatoms. The lowest BCUT2D eigenvalue weighted by molar-refractivity contribution is -0.133. The van der Waals surface area contributed by atoms with Gasteiger partial charge in [0.25, 0.3) is 0 Å². The van der Waals surface area contributed by atoms with Gasteiger partial charge in [0.05, 0.1) is 17.8 Å². The Labute approximate surface area is 138 Å². The normalized spacial score (nSPS) is 18.2. The zero-order chi connectivity index (χ0) is 16.4. The lowest BCUT2D eigenvalue weighted by atomic mass is 10.0. The van der Waals surface area contributed by atoms with Gasteiger partial charge in [-0.1, -0.05) is 18.2 Å². The van der Waals surface area contributed by atoms with Crippen molar-refractivity contribution in [1.29, 1.82) is 0 Å². The maximum atomic E-state index is 12.7. The average Bonchev–Trinajstić information content (AvgIpc) is 2.84. The van der Waals surface area contributed by atoms with Crippen molar-refractivity contribution < 1.29 is 4.79 Å². The van der Waals surface area contributed by atoms with Crippen molar-refractivity contribution in [3.05, 3.63) is 47.3 Å². The monoisotopic (exact) mass is 311 g/mol. The van der Waals surface area contributed by atoms with E-state index in [1.54, 1.807) is 0 Å². The van der Waals surface area contributed by atoms with Crippen LogP contribution in [-0.4, -0.2) is 33.2 Å². The van der Waals surface area contributed by atoms with Crippen LogP contribution in [-0.2, 0) is 11.2 Å². The number of nitrogens with zero attached hydrogens (tertiary/aromatic N) is 3. The smallest absolute Gasteiger partial charge is 0.227 e. The molecule has 23 heavy (non-hydrogen) atoms. The van der Waals surface area contributed by atoms with Crippen molar-refractivity contribution >= 4 is 5.91 Å². The first kappa shape index (κ1) is 15.8. The van der Waals surface area contributed by atoms with E-state index < -0.39 is 0 Å². The molecule has 1 amide bonds. The highest BCUT2D eigenvalue weighted by Gasteiger charge is 2.25. The maximum Gasteiger partial charge on any atom is 0.227 e. The van der Waals surface area contributed by atoms with Crippen molar-refractivity contribution in [2.24, 2.45) is 0 Å². The first-order chi connectivity index (χ1) is 11.1. The summed E-state index contributed by atoms with van der Waals surface area (Å²) in [5.41, 5.74) is 4.12. The molecule has 3 rings (SSSR count). The number of aryl methyl sites for hydroxylation is 1. The number of benzene rings is 1. The summed E-state index contributed by atoms with van der Waals surface area (Å²) in [5.74, 6) is 0.232. The van der Waals surface area contributed by atoms with Gasteiger partial charge >= 0.3 is 0 Å². The van der Waals surface area contributed by atoms with E-state index in [4.69, 9.17) is 0 Å². The Kier molecular flexibility index (Phi) is 4.51. The number of hydrogen-bond acceptors (Lipinski definition) is 2. The van der Waals surface area contributed by atoms with Gasteiger partial charge in [0.1, 0.15) is 0 Å². The molecule has 1 atom stereocenters. The van der Waals surface area contributed by atoms with Gasteiger partial charge in [-0.2, -0.15) is 5.10 Å². The van der Waals surface area contributed by atoms with Crippen LogP contribution >= 0.6 is 0 Å². The molecule has 1 unspecified atom stereocenters. The molecule has 0 aliphatic carbocycles. The number of amides is 1. The minimum absolute atomic E-state index is 0.232. The lowest BCUT2D eigenvalue weighted by Gasteiger charge is -2.33. The van der Waals surface area contributed by atoms with E-state index >= 15 is 0 Å². The molecule has 1 aliphatic heterocycles. The first-order valence-corrected chi connectivity index (χ1v) is 8.48. The first-order valence-electron chi connectivity index (χ1n) is 8.48. The summed E-state index contributed by atoms with van der Waals surface area (Å²) < 4.78 is 1.94. The number of piperidine rings is 1. The van der Waals surface area contributed by atoms with Gasteiger partial charge in [-0.3, -0.25) is 4.79 Å². The number of carbonyl (C=O) groups excluding carboxylic acids is 1. The van der Waals surface area contributed by atoms with Crippen LogP contribution in [0.3, 0.4) is 0 Å². The second-order valence-corrected chi connectivity index (χ2v) is 6.51. The summed E-state index contributed by atoms with van der Waals surface area (Å²) in [6.07, 6.45) is 3.92. The largest absolute Gasteiger partial charge is 0.340 e. The molecule has 1 saturated heterocycles. The van der Waals surface area contributed by atoms with E-state index in [1.807, 2.05) is 46.8 Å². The summed E-state index contributed by atoms with van der Waals surface area (Å²) in [4.78, 5) is 14.8. The molecule has 1 aliphatic rings. The Morgan fingerprint density at radius 2 is 1.96 bits per heavy atom. The van der Waals surface area contributed by atoms with Crippen LogP contribution in [0.4, 0.5) is 0 Å². The van der Waals surface area contributed by atoms with Crippen molar-refractivity contribution in [3.63, 3.8) is 0 Å². The van der Waals surface area contributed by atoms with Crippen LogP contribution in [0, 0.1) is 13.8 Å². The highest BCUT2D eigenvalue weighted by molar-refractivity contribution is 5.79. The van der Waals surface area contributed by atoms with E-state index in [2.05, 4.69) is 18.9 Å². The second-order valence-electron chi connectivity index (χ2n) is 6.51. The topological polar surface area (TPSA) is 38.1 Å². The lowest BCUT2D eigenvalue weighted by Crippen LogP contribution is -2.42. The summed E-state index contributed by atoms with van der Waals surface area (Å²) in [6, 6.07) is 10.5. The van der Waals surface area contributed by atoms with Crippen molar-refractivity contribution in [2.45, 2.75) is 52.5 Å². The van der Waals surface area contributed by atoms with Gasteiger partial charge in [-0.15, -0.1) is 0 Å². The molecular formula is C19H25N3O. The molecule has 1 fully saturated rings. The molecule has 2 heterocycles. The molecule has 1 aromatic carbocycles. The van der Waals surface area contributed by atoms with Gasteiger partial charge in [0, 0.05) is 23.8 Å². The molecule has 2 aromatic rings. The number of carbonyl (C=O) groups is 1. The van der Waals surface area contributed by atoms with Gasteiger partial charge in [-0.25, -0.2) is 4.68 Å². The minimum Gasteiger partial charge on any atom is -0.340 e. The third-order valence-electron chi connectivity index (χ3n) is 4.89. The van der Waals surface area contributed by atoms with E-state index in [1.165, 1.54) is 6.42 Å². The van der Waals surface area contributed by atoms with Crippen LogP contribution in [0.5, 0.6) is 0 Å². The highest BCUT2D eigenvalue weighted by Crippen LogP contribution is 2.22. The Morgan fingerprint density at radius 3 is 2.65 bits per heavy atom. The van der Waals surface area contributed by atoms with Gasteiger partial charge < -0.3 is 4.90 Å². The molecule has 0 N–H and O–H groups in total. The Bertz CT molecular complexity index is 690. The summed E-state index contributed by atoms with van der Waals surface area (Å²) in [7, 11) is 0. The number of rotatable bonds is 3. The zero-order valence-electron chi connectivity index (χ0n) is 14.2. The predicted molar refractivity (Wildman–Crippen MR) is 91.8 cm³/mol. The molecule has 0 bridgehead atoms. The van der Waals surface area contributed by atoms with E-state index in [0.717, 1.165) is 42.0 Å². The Morgan fingerprint density at radius 1 is 1.22 bits per heavy atom. The average molecular weight is 311 g/mol. The molecule has 122 valence electrons. The Balaban J connectivity index is 1.83. The Hall–Kier alpha value is -2.10. The quantitative estimate of drug-likeness (QED) is 0.871.